The molecule has 0 fully saturated rings. The molecule has 0 N–H and O–H groups in total. The predicted octanol–water partition coefficient (Wildman–Crippen LogP) is 6.46. The van der Waals surface area contributed by atoms with E-state index in [0.29, 0.717) is 45.3 Å². The van der Waals surface area contributed by atoms with Crippen LogP contribution in [0.4, 0.5) is 0 Å². The molecule has 0 atom stereocenters. The van der Waals surface area contributed by atoms with E-state index in [9.17, 15) is 14.9 Å². The smallest absolute Gasteiger partial charge is 0.267 e. The van der Waals surface area contributed by atoms with Gasteiger partial charge in [-0.2, -0.15) is 30.1 Å². The summed E-state index contributed by atoms with van der Waals surface area (Å²) >= 11 is 0. The molecule has 0 amide bonds. The zero-order chi connectivity index (χ0) is 37.3. The van der Waals surface area contributed by atoms with Gasteiger partial charge >= 0.3 is 0 Å². The van der Waals surface area contributed by atoms with E-state index in [4.69, 9.17) is 5.26 Å². The van der Waals surface area contributed by atoms with Gasteiger partial charge in [-0.1, -0.05) is 72.8 Å². The highest BCUT2D eigenvalue weighted by atomic mass is 16.1. The summed E-state index contributed by atoms with van der Waals surface area (Å²) in [6.45, 7) is 0. The number of pyridine rings is 4. The Morgan fingerprint density at radius 1 is 0.481 bits per heavy atom. The molecule has 6 aromatic heterocycles. The van der Waals surface area contributed by atoms with Gasteiger partial charge in [0.05, 0.1) is 34.4 Å². The van der Waals surface area contributed by atoms with Crippen LogP contribution in [0.15, 0.2) is 168 Å². The van der Waals surface area contributed by atoms with Gasteiger partial charge in [-0.05, 0) is 71.8 Å². The lowest BCUT2D eigenvalue weighted by atomic mass is 10.1. The van der Waals surface area contributed by atoms with E-state index in [1.807, 2.05) is 109 Å². The Balaban J connectivity index is 0.000000167. The van der Waals surface area contributed by atoms with Gasteiger partial charge in [0.25, 0.3) is 11.1 Å². The molecular formula is C42H26N10O2. The monoisotopic (exact) mass is 702 g/mol. The standard InChI is InChI=1S/2C21H13N5O/c22-14-19-20(10-6-12-24-19)26-21(27)16(15-7-2-1-3-8-15)13-18(25-26)17-9-4-5-11-23-17;22-13-16-9-10-17(14-24-16)26-21(27)18(15-6-2-1-3-7-15)12-20(25-26)19-8-4-5-11-23-19/h1-13H;1-12,14H. The first kappa shape index (κ1) is 34.2. The van der Waals surface area contributed by atoms with Crippen LogP contribution in [0, 0.1) is 22.7 Å². The van der Waals surface area contributed by atoms with Crippen molar-refractivity contribution in [2.24, 2.45) is 0 Å². The molecule has 0 spiro atoms. The molecule has 0 unspecified atom stereocenters. The van der Waals surface area contributed by atoms with E-state index in [-0.39, 0.29) is 22.5 Å². The third-order valence-electron chi connectivity index (χ3n) is 8.07. The Morgan fingerprint density at radius 2 is 1.02 bits per heavy atom. The average Bonchev–Trinajstić information content (AvgIpc) is 3.25. The number of hydrogen-bond donors (Lipinski definition) is 0. The largest absolute Gasteiger partial charge is 0.279 e. The summed E-state index contributed by atoms with van der Waals surface area (Å²) in [7, 11) is 0. The number of hydrogen-bond acceptors (Lipinski definition) is 10. The van der Waals surface area contributed by atoms with Gasteiger partial charge < -0.3 is 0 Å². The minimum atomic E-state index is -0.328. The van der Waals surface area contributed by atoms with E-state index in [0.717, 1.165) is 11.1 Å². The molecule has 6 heterocycles. The maximum absolute atomic E-state index is 13.2. The van der Waals surface area contributed by atoms with E-state index in [1.54, 1.807) is 48.8 Å². The van der Waals surface area contributed by atoms with Gasteiger partial charge in [0, 0.05) is 18.6 Å². The van der Waals surface area contributed by atoms with Gasteiger partial charge in [0.1, 0.15) is 34.9 Å². The van der Waals surface area contributed by atoms with Crippen LogP contribution in [0.3, 0.4) is 0 Å². The quantitative estimate of drug-likeness (QED) is 0.188. The second-order valence-corrected chi connectivity index (χ2v) is 11.5. The highest BCUT2D eigenvalue weighted by molar-refractivity contribution is 5.70. The van der Waals surface area contributed by atoms with Crippen molar-refractivity contribution >= 4 is 0 Å². The summed E-state index contributed by atoms with van der Waals surface area (Å²) < 4.78 is 2.51. The zero-order valence-electron chi connectivity index (χ0n) is 28.3. The average molecular weight is 703 g/mol. The van der Waals surface area contributed by atoms with Crippen molar-refractivity contribution in [3.8, 4) is 68.5 Å². The van der Waals surface area contributed by atoms with Crippen LogP contribution in [0.2, 0.25) is 0 Å². The van der Waals surface area contributed by atoms with Crippen molar-refractivity contribution in [1.82, 2.24) is 39.5 Å². The summed E-state index contributed by atoms with van der Waals surface area (Å²) in [4.78, 5) is 43.0. The van der Waals surface area contributed by atoms with Gasteiger partial charge in [-0.3, -0.25) is 19.6 Å². The summed E-state index contributed by atoms with van der Waals surface area (Å²) in [5.41, 5.74) is 5.54. The molecule has 0 saturated carbocycles. The van der Waals surface area contributed by atoms with E-state index in [2.05, 4.69) is 30.1 Å². The highest BCUT2D eigenvalue weighted by Crippen LogP contribution is 2.23. The molecule has 2 aromatic carbocycles. The van der Waals surface area contributed by atoms with E-state index >= 15 is 0 Å². The molecule has 12 heteroatoms. The number of rotatable bonds is 6. The fourth-order valence-corrected chi connectivity index (χ4v) is 5.49. The van der Waals surface area contributed by atoms with Crippen LogP contribution >= 0.6 is 0 Å². The Kier molecular flexibility index (Phi) is 10.00. The molecule has 0 radical (unpaired) electrons. The lowest BCUT2D eigenvalue weighted by Gasteiger charge is -2.11. The van der Waals surface area contributed by atoms with Gasteiger partial charge in [-0.25, -0.2) is 9.97 Å². The minimum Gasteiger partial charge on any atom is -0.267 e. The Bertz CT molecular complexity index is 2760. The van der Waals surface area contributed by atoms with Crippen molar-refractivity contribution < 1.29 is 0 Å². The third-order valence-corrected chi connectivity index (χ3v) is 8.07. The first-order chi connectivity index (χ1) is 26.5. The molecule has 0 saturated heterocycles. The third kappa shape index (κ3) is 7.30. The lowest BCUT2D eigenvalue weighted by Crippen LogP contribution is -2.24. The normalized spacial score (nSPS) is 10.3. The van der Waals surface area contributed by atoms with Crippen LogP contribution in [0.5, 0.6) is 0 Å². The van der Waals surface area contributed by atoms with Crippen LogP contribution in [-0.2, 0) is 0 Å². The van der Waals surface area contributed by atoms with Crippen molar-refractivity contribution in [2.45, 2.75) is 0 Å². The van der Waals surface area contributed by atoms with Crippen LogP contribution in [-0.4, -0.2) is 39.5 Å². The molecular weight excluding hydrogens is 677 g/mol. The summed E-state index contributed by atoms with van der Waals surface area (Å²) in [5, 5.41) is 27.2. The predicted molar refractivity (Wildman–Crippen MR) is 202 cm³/mol. The van der Waals surface area contributed by atoms with E-state index in [1.165, 1.54) is 21.8 Å². The SMILES string of the molecule is N#Cc1ccc(-n2nc(-c3ccccn3)cc(-c3ccccc3)c2=O)cn1.N#Cc1ncccc1-n1nc(-c2ccccn2)cc(-c2ccccc2)c1=O. The van der Waals surface area contributed by atoms with Gasteiger partial charge in [0.15, 0.2) is 5.69 Å². The van der Waals surface area contributed by atoms with Crippen molar-refractivity contribution in [3.63, 3.8) is 0 Å². The second kappa shape index (κ2) is 15.8. The van der Waals surface area contributed by atoms with Gasteiger partial charge in [0.2, 0.25) is 0 Å². The first-order valence-electron chi connectivity index (χ1n) is 16.5. The number of nitriles is 2. The first-order valence-corrected chi connectivity index (χ1v) is 16.5. The van der Waals surface area contributed by atoms with Crippen LogP contribution in [0.25, 0.3) is 56.4 Å². The van der Waals surface area contributed by atoms with Gasteiger partial charge in [-0.15, -0.1) is 0 Å². The fourth-order valence-electron chi connectivity index (χ4n) is 5.49. The molecule has 0 aliphatic heterocycles. The summed E-state index contributed by atoms with van der Waals surface area (Å²) in [5.74, 6) is 0. The molecule has 0 aliphatic rings. The van der Waals surface area contributed by atoms with E-state index < -0.39 is 0 Å². The maximum atomic E-state index is 13.2. The number of benzene rings is 2. The molecule has 8 rings (SSSR count). The van der Waals surface area contributed by atoms with Crippen molar-refractivity contribution in [3.05, 3.63) is 190 Å². The highest BCUT2D eigenvalue weighted by Gasteiger charge is 2.17. The second-order valence-electron chi connectivity index (χ2n) is 11.5. The van der Waals surface area contributed by atoms with Crippen LogP contribution in [0.1, 0.15) is 11.4 Å². The molecule has 0 bridgehead atoms. The topological polar surface area (TPSA) is 169 Å². The Labute approximate surface area is 308 Å². The molecule has 54 heavy (non-hydrogen) atoms. The molecule has 8 aromatic rings. The lowest BCUT2D eigenvalue weighted by molar-refractivity contribution is 0.805. The maximum Gasteiger partial charge on any atom is 0.279 e. The summed E-state index contributed by atoms with van der Waals surface area (Å²) in [6, 6.07) is 43.7. The van der Waals surface area contributed by atoms with Crippen molar-refractivity contribution in [2.75, 3.05) is 0 Å². The summed E-state index contributed by atoms with van der Waals surface area (Å²) in [6.07, 6.45) is 6.31. The van der Waals surface area contributed by atoms with Crippen LogP contribution < -0.4 is 11.1 Å². The molecule has 12 nitrogen and oxygen atoms in total. The fraction of sp³-hybridized carbons (Fsp3) is 0. The Hall–Kier alpha value is -8.22. The van der Waals surface area contributed by atoms with Crippen molar-refractivity contribution in [1.29, 1.82) is 10.5 Å². The molecule has 0 aliphatic carbocycles. The Morgan fingerprint density at radius 3 is 1.52 bits per heavy atom. The number of aromatic nitrogens is 8. The zero-order valence-corrected chi connectivity index (χ0v) is 28.3. The molecule has 256 valence electrons. The number of nitrogens with zero attached hydrogens (tertiary/aromatic N) is 10. The minimum absolute atomic E-state index is 0.129.